The number of fused-ring (bicyclic) bond motifs is 2. The molecule has 2 saturated heterocycles. The van der Waals surface area contributed by atoms with E-state index in [2.05, 4.69) is 16.3 Å². The Morgan fingerprint density at radius 2 is 1.84 bits per heavy atom. The summed E-state index contributed by atoms with van der Waals surface area (Å²) >= 11 is 6.14. The molecule has 0 aromatic heterocycles. The first-order valence-corrected chi connectivity index (χ1v) is 13.2. The number of piperidine rings is 2. The van der Waals surface area contributed by atoms with Gasteiger partial charge in [0, 0.05) is 54.4 Å². The molecule has 3 heterocycles. The van der Waals surface area contributed by atoms with Crippen LogP contribution in [0.2, 0.25) is 5.02 Å². The van der Waals surface area contributed by atoms with Crippen molar-refractivity contribution >= 4 is 29.3 Å². The largest absolute Gasteiger partial charge is 0.389 e. The molecule has 7 nitrogen and oxygen atoms in total. The summed E-state index contributed by atoms with van der Waals surface area (Å²) in [5.41, 5.74) is 0.810. The SMILES string of the molecule is O=C(C=Cc1cc(F)cc(F)c1)N1CC[C@](O)([C@@H](O)CN2CCC3(CC2)CNc2cc(Cl)ccc23)[C@@H](O)C1. The Labute approximate surface area is 225 Å². The van der Waals surface area contributed by atoms with Crippen LogP contribution in [0.5, 0.6) is 0 Å². The quantitative estimate of drug-likeness (QED) is 0.430. The molecular formula is C28H32ClF2N3O4. The van der Waals surface area contributed by atoms with E-state index in [0.717, 1.165) is 56.4 Å². The fourth-order valence-corrected chi connectivity index (χ4v) is 6.14. The lowest BCUT2D eigenvalue weighted by Crippen LogP contribution is -2.64. The van der Waals surface area contributed by atoms with Crippen LogP contribution in [-0.4, -0.2) is 88.1 Å². The van der Waals surface area contributed by atoms with E-state index in [9.17, 15) is 28.9 Å². The molecule has 2 aromatic rings. The highest BCUT2D eigenvalue weighted by Crippen LogP contribution is 2.45. The van der Waals surface area contributed by atoms with Gasteiger partial charge in [-0.1, -0.05) is 17.7 Å². The van der Waals surface area contributed by atoms with Crippen molar-refractivity contribution in [2.75, 3.05) is 44.6 Å². The van der Waals surface area contributed by atoms with Crippen molar-refractivity contribution in [2.24, 2.45) is 0 Å². The summed E-state index contributed by atoms with van der Waals surface area (Å²) in [7, 11) is 0. The number of nitrogens with one attached hydrogen (secondary N) is 1. The van der Waals surface area contributed by atoms with Gasteiger partial charge < -0.3 is 30.4 Å². The van der Waals surface area contributed by atoms with Gasteiger partial charge in [0.25, 0.3) is 0 Å². The van der Waals surface area contributed by atoms with Crippen LogP contribution in [0.15, 0.2) is 42.5 Å². The molecule has 38 heavy (non-hydrogen) atoms. The van der Waals surface area contributed by atoms with Crippen LogP contribution >= 0.6 is 11.6 Å². The lowest BCUT2D eigenvalue weighted by molar-refractivity contribution is -0.183. The van der Waals surface area contributed by atoms with Gasteiger partial charge in [-0.15, -0.1) is 0 Å². The number of hydrogen-bond acceptors (Lipinski definition) is 6. The molecule has 204 valence electrons. The Kier molecular flexibility index (Phi) is 7.50. The van der Waals surface area contributed by atoms with Crippen LogP contribution in [0, 0.1) is 11.6 Å². The third kappa shape index (κ3) is 5.31. The molecule has 0 bridgehead atoms. The van der Waals surface area contributed by atoms with E-state index in [0.29, 0.717) is 5.02 Å². The number of halogens is 3. The zero-order valence-electron chi connectivity index (χ0n) is 20.9. The second-order valence-electron chi connectivity index (χ2n) is 10.7. The number of β-amino-alcohol motifs (C(OH)–C–C–N with tert-alkyl or cyclic N) is 2. The zero-order valence-corrected chi connectivity index (χ0v) is 21.7. The van der Waals surface area contributed by atoms with Crippen LogP contribution in [0.4, 0.5) is 14.5 Å². The van der Waals surface area contributed by atoms with E-state index in [1.54, 1.807) is 0 Å². The Bertz CT molecular complexity index is 1220. The average Bonchev–Trinajstić information content (AvgIpc) is 3.22. The predicted molar refractivity (Wildman–Crippen MR) is 141 cm³/mol. The third-order valence-electron chi connectivity index (χ3n) is 8.36. The number of hydrogen-bond donors (Lipinski definition) is 4. The van der Waals surface area contributed by atoms with Crippen molar-refractivity contribution in [3.05, 3.63) is 70.3 Å². The summed E-state index contributed by atoms with van der Waals surface area (Å²) in [5.74, 6) is -1.95. The molecular weight excluding hydrogens is 516 g/mol. The number of benzene rings is 2. The van der Waals surface area contributed by atoms with Gasteiger partial charge >= 0.3 is 0 Å². The van der Waals surface area contributed by atoms with Crippen molar-refractivity contribution in [3.8, 4) is 0 Å². The number of amides is 1. The van der Waals surface area contributed by atoms with E-state index in [4.69, 9.17) is 11.6 Å². The molecule has 5 rings (SSSR count). The monoisotopic (exact) mass is 547 g/mol. The highest BCUT2D eigenvalue weighted by Gasteiger charge is 2.48. The molecule has 1 spiro atoms. The third-order valence-corrected chi connectivity index (χ3v) is 8.59. The van der Waals surface area contributed by atoms with E-state index in [1.807, 2.05) is 12.1 Å². The smallest absolute Gasteiger partial charge is 0.246 e. The zero-order chi connectivity index (χ0) is 27.1. The van der Waals surface area contributed by atoms with E-state index in [-0.39, 0.29) is 37.0 Å². The molecule has 3 aliphatic heterocycles. The molecule has 3 aliphatic rings. The van der Waals surface area contributed by atoms with Gasteiger partial charge in [0.1, 0.15) is 23.3 Å². The van der Waals surface area contributed by atoms with E-state index in [1.165, 1.54) is 22.6 Å². The summed E-state index contributed by atoms with van der Waals surface area (Å²) in [5, 5.41) is 37.0. The minimum atomic E-state index is -1.75. The number of carbonyl (C=O) groups excluding carboxylic acids is 1. The van der Waals surface area contributed by atoms with Gasteiger partial charge in [0.15, 0.2) is 0 Å². The molecule has 10 heteroatoms. The van der Waals surface area contributed by atoms with Crippen molar-refractivity contribution in [1.82, 2.24) is 9.80 Å². The maximum absolute atomic E-state index is 13.4. The molecule has 0 unspecified atom stereocenters. The predicted octanol–water partition coefficient (Wildman–Crippen LogP) is 2.78. The van der Waals surface area contributed by atoms with Crippen LogP contribution in [0.3, 0.4) is 0 Å². The lowest BCUT2D eigenvalue weighted by Gasteiger charge is -2.46. The first-order valence-electron chi connectivity index (χ1n) is 12.9. The molecule has 0 aliphatic carbocycles. The summed E-state index contributed by atoms with van der Waals surface area (Å²) in [6.45, 7) is 2.49. The Morgan fingerprint density at radius 3 is 2.53 bits per heavy atom. The molecule has 2 aromatic carbocycles. The summed E-state index contributed by atoms with van der Waals surface area (Å²) in [4.78, 5) is 16.0. The topological polar surface area (TPSA) is 96.3 Å². The molecule has 2 fully saturated rings. The average molecular weight is 548 g/mol. The number of carbonyl (C=O) groups is 1. The number of nitrogens with zero attached hydrogens (tertiary/aromatic N) is 2. The fraction of sp³-hybridized carbons (Fsp3) is 0.464. The normalized spacial score (nSPS) is 25.9. The van der Waals surface area contributed by atoms with Crippen molar-refractivity contribution in [1.29, 1.82) is 0 Å². The van der Waals surface area contributed by atoms with Gasteiger partial charge in [-0.05, 0) is 73.8 Å². The molecule has 0 saturated carbocycles. The highest BCUT2D eigenvalue weighted by molar-refractivity contribution is 6.30. The second kappa shape index (κ2) is 10.5. The summed E-state index contributed by atoms with van der Waals surface area (Å²) in [6, 6.07) is 8.90. The van der Waals surface area contributed by atoms with Gasteiger partial charge in [-0.3, -0.25) is 4.79 Å². The summed E-state index contributed by atoms with van der Waals surface area (Å²) in [6.07, 6.45) is 1.73. The number of likely N-dealkylation sites (tertiary alicyclic amines) is 2. The first kappa shape index (κ1) is 27.0. The van der Waals surface area contributed by atoms with E-state index >= 15 is 0 Å². The van der Waals surface area contributed by atoms with Gasteiger partial charge in [-0.25, -0.2) is 8.78 Å². The Morgan fingerprint density at radius 1 is 1.13 bits per heavy atom. The van der Waals surface area contributed by atoms with Crippen LogP contribution in [0.1, 0.15) is 30.4 Å². The molecule has 1 amide bonds. The van der Waals surface area contributed by atoms with Crippen LogP contribution < -0.4 is 5.32 Å². The van der Waals surface area contributed by atoms with Crippen LogP contribution in [0.25, 0.3) is 6.08 Å². The second-order valence-corrected chi connectivity index (χ2v) is 11.2. The molecule has 0 radical (unpaired) electrons. The minimum Gasteiger partial charge on any atom is -0.389 e. The van der Waals surface area contributed by atoms with Crippen molar-refractivity contribution in [3.63, 3.8) is 0 Å². The maximum atomic E-state index is 13.4. The number of rotatable bonds is 5. The van der Waals surface area contributed by atoms with Crippen molar-refractivity contribution in [2.45, 2.75) is 42.5 Å². The molecule has 3 atom stereocenters. The highest BCUT2D eigenvalue weighted by atomic mass is 35.5. The van der Waals surface area contributed by atoms with Crippen LogP contribution in [-0.2, 0) is 10.2 Å². The van der Waals surface area contributed by atoms with Gasteiger partial charge in [0.05, 0.1) is 6.10 Å². The molecule has 4 N–H and O–H groups in total. The summed E-state index contributed by atoms with van der Waals surface area (Å²) < 4.78 is 26.7. The lowest BCUT2D eigenvalue weighted by atomic mass is 9.74. The Hall–Kier alpha value is -2.56. The number of anilines is 1. The number of aliphatic hydroxyl groups excluding tert-OH is 2. The standard InChI is InChI=1S/C28H32ClF2N3O4/c29-19-2-3-22-23(13-19)32-17-27(22)5-8-33(9-6-27)15-24(35)28(38)7-10-34(16-25(28)36)26(37)4-1-18-11-20(30)14-21(31)12-18/h1-4,11-14,24-25,32,35-36,38H,5-10,15-17H2/t24-,25-,28-/m0/s1. The van der Waals surface area contributed by atoms with Gasteiger partial charge in [0.2, 0.25) is 5.91 Å². The van der Waals surface area contributed by atoms with Crippen molar-refractivity contribution < 1.29 is 28.9 Å². The van der Waals surface area contributed by atoms with Gasteiger partial charge in [-0.2, -0.15) is 0 Å². The number of aliphatic hydroxyl groups is 3. The Balaban J connectivity index is 1.15. The first-order chi connectivity index (χ1) is 18.1. The minimum absolute atomic E-state index is 0.000656. The fourth-order valence-electron chi connectivity index (χ4n) is 5.97. The van der Waals surface area contributed by atoms with E-state index < -0.39 is 35.4 Å². The maximum Gasteiger partial charge on any atom is 0.246 e.